The summed E-state index contributed by atoms with van der Waals surface area (Å²) in [7, 11) is 6.51. The van der Waals surface area contributed by atoms with Gasteiger partial charge in [0.1, 0.15) is 18.3 Å². The van der Waals surface area contributed by atoms with Crippen molar-refractivity contribution in [3.8, 4) is 5.75 Å². The van der Waals surface area contributed by atoms with Crippen molar-refractivity contribution in [1.82, 2.24) is 4.90 Å². The molecular formula is C26H32N4O10. The van der Waals surface area contributed by atoms with Crippen molar-refractivity contribution >= 4 is 47.0 Å². The number of amides is 2. The average molecular weight is 561 g/mol. The van der Waals surface area contributed by atoms with E-state index in [1.807, 2.05) is 0 Å². The van der Waals surface area contributed by atoms with Crippen LogP contribution in [-0.4, -0.2) is 108 Å². The summed E-state index contributed by atoms with van der Waals surface area (Å²) >= 11 is 0. The van der Waals surface area contributed by atoms with Gasteiger partial charge in [-0.3, -0.25) is 24.5 Å². The number of hydrogen-bond acceptors (Lipinski definition) is 12. The highest BCUT2D eigenvalue weighted by Gasteiger charge is 2.67. The summed E-state index contributed by atoms with van der Waals surface area (Å²) in [5, 5.41) is 47.4. The topological polar surface area (TPSA) is 220 Å². The van der Waals surface area contributed by atoms with Crippen LogP contribution in [0.2, 0.25) is 0 Å². The summed E-state index contributed by atoms with van der Waals surface area (Å²) in [5.74, 6) is -8.66. The molecule has 0 saturated heterocycles. The number of carbonyl (C=O) groups is 5. The molecule has 216 valence electrons. The van der Waals surface area contributed by atoms with E-state index in [0.717, 1.165) is 0 Å². The van der Waals surface area contributed by atoms with Crippen molar-refractivity contribution in [2.75, 3.05) is 45.0 Å². The third-order valence-electron chi connectivity index (χ3n) is 8.07. The van der Waals surface area contributed by atoms with Crippen LogP contribution in [0, 0.1) is 17.8 Å². The minimum absolute atomic E-state index is 0.0240. The summed E-state index contributed by atoms with van der Waals surface area (Å²) < 4.78 is 4.67. The number of hydrogen-bond donors (Lipinski definition) is 6. The molecule has 0 bridgehead atoms. The molecule has 0 spiro atoms. The second-order valence-corrected chi connectivity index (χ2v) is 10.7. The number of benzene rings is 1. The van der Waals surface area contributed by atoms with Gasteiger partial charge >= 0.3 is 6.09 Å². The Labute approximate surface area is 229 Å². The quantitative estimate of drug-likeness (QED) is 0.139. The summed E-state index contributed by atoms with van der Waals surface area (Å²) in [6, 6.07) is 0.434. The minimum atomic E-state index is -2.78. The second kappa shape index (κ2) is 10.2. The molecule has 2 fully saturated rings. The van der Waals surface area contributed by atoms with Crippen LogP contribution in [-0.2, 0) is 30.3 Å². The highest BCUT2D eigenvalue weighted by Crippen LogP contribution is 2.54. The molecular weight excluding hydrogens is 528 g/mol. The molecule has 6 atom stereocenters. The lowest BCUT2D eigenvalue weighted by atomic mass is 9.54. The summed E-state index contributed by atoms with van der Waals surface area (Å²) in [5.41, 5.74) is 2.79. The second-order valence-electron chi connectivity index (χ2n) is 10.7. The maximum absolute atomic E-state index is 13.9. The van der Waals surface area contributed by atoms with E-state index in [4.69, 9.17) is 5.73 Å². The number of likely N-dealkylation sites (N-methyl/N-ethyl adjacent to an activating group) is 1. The molecule has 0 aromatic heterocycles. The number of primary amides is 1. The number of nitrogens with two attached hydrogens (primary N) is 1. The molecule has 1 aromatic rings. The van der Waals surface area contributed by atoms with E-state index in [0.29, 0.717) is 17.5 Å². The third kappa shape index (κ3) is 4.19. The van der Waals surface area contributed by atoms with Crippen molar-refractivity contribution < 1.29 is 49.1 Å². The van der Waals surface area contributed by atoms with Gasteiger partial charge in [0, 0.05) is 37.3 Å². The van der Waals surface area contributed by atoms with Gasteiger partial charge in [-0.05, 0) is 44.5 Å². The van der Waals surface area contributed by atoms with Crippen molar-refractivity contribution in [2.45, 2.75) is 30.6 Å². The lowest BCUT2D eigenvalue weighted by Crippen LogP contribution is -2.73. The molecule has 7 N–H and O–H groups in total. The maximum atomic E-state index is 13.9. The minimum Gasteiger partial charge on any atom is -0.507 e. The number of aliphatic hydroxyl groups is 3. The van der Waals surface area contributed by atoms with Crippen LogP contribution in [0.1, 0.15) is 17.5 Å². The zero-order chi connectivity index (χ0) is 29.8. The number of phenolic OH excluding ortho intramolecular Hbond substituents is 1. The molecule has 2 amide bonds. The largest absolute Gasteiger partial charge is 0.507 e. The first-order valence-electron chi connectivity index (χ1n) is 12.5. The van der Waals surface area contributed by atoms with Gasteiger partial charge in [-0.2, -0.15) is 0 Å². The highest BCUT2D eigenvalue weighted by atomic mass is 16.5. The summed E-state index contributed by atoms with van der Waals surface area (Å²) in [6.45, 7) is -0.535. The van der Waals surface area contributed by atoms with E-state index < -0.39 is 77.2 Å². The predicted octanol–water partition coefficient (Wildman–Crippen LogP) is -1.06. The Bertz CT molecular complexity index is 1340. The Hall–Kier alpha value is -4.01. The molecule has 14 heteroatoms. The molecule has 0 radical (unpaired) electrons. The molecule has 40 heavy (non-hydrogen) atoms. The van der Waals surface area contributed by atoms with E-state index in [-0.39, 0.29) is 29.7 Å². The van der Waals surface area contributed by atoms with Crippen LogP contribution < -0.4 is 16.0 Å². The van der Waals surface area contributed by atoms with Gasteiger partial charge in [0.2, 0.25) is 11.7 Å². The van der Waals surface area contributed by atoms with Crippen LogP contribution in [0.4, 0.5) is 16.2 Å². The fourth-order valence-corrected chi connectivity index (χ4v) is 6.40. The van der Waals surface area contributed by atoms with Gasteiger partial charge in [0.15, 0.2) is 23.4 Å². The van der Waals surface area contributed by atoms with Crippen LogP contribution in [0.15, 0.2) is 11.6 Å². The van der Waals surface area contributed by atoms with E-state index in [2.05, 4.69) is 10.1 Å². The number of phenols is 1. The number of nitrogens with zero attached hydrogens (tertiary/aromatic N) is 2. The van der Waals surface area contributed by atoms with Crippen molar-refractivity contribution in [3.63, 3.8) is 0 Å². The van der Waals surface area contributed by atoms with Crippen LogP contribution in [0.5, 0.6) is 5.75 Å². The van der Waals surface area contributed by atoms with Gasteiger partial charge < -0.3 is 40.7 Å². The Morgan fingerprint density at radius 3 is 2.42 bits per heavy atom. The molecule has 2 unspecified atom stereocenters. The zero-order valence-electron chi connectivity index (χ0n) is 22.4. The highest BCUT2D eigenvalue weighted by molar-refractivity contribution is 6.25. The molecule has 0 heterocycles. The van der Waals surface area contributed by atoms with E-state index in [9.17, 15) is 44.4 Å². The maximum Gasteiger partial charge on any atom is 0.412 e. The number of anilines is 2. The van der Waals surface area contributed by atoms with Crippen molar-refractivity contribution in [1.29, 1.82) is 0 Å². The molecule has 1 aromatic carbocycles. The van der Waals surface area contributed by atoms with E-state index >= 15 is 0 Å². The number of nitrogens with one attached hydrogen (secondary N) is 1. The van der Waals surface area contributed by atoms with Crippen LogP contribution in [0.3, 0.4) is 0 Å². The Morgan fingerprint density at radius 2 is 1.88 bits per heavy atom. The fraction of sp³-hybridized carbons (Fsp3) is 0.500. The molecule has 2 saturated carbocycles. The molecule has 4 rings (SSSR count). The third-order valence-corrected chi connectivity index (χ3v) is 8.07. The standard InChI is InChI=1S/C26H32N4O10/c1-29(2)14-9-13(28-25(38)40-6-5-31)19(32)16-11(14)7-10-8-12-18(30(3)4)21(34)17(24(27)37)23(36)26(12,39)22(35)15(10)20(16)33/h5,9-10,12,17-18,21,32-34,39H,6-8H2,1-4H3,(H2,27,37)(H,28,38)/t10-,12-,17?,18-,21?,26-/m1/s1. The lowest BCUT2D eigenvalue weighted by Gasteiger charge is -2.53. The molecule has 3 aliphatic rings. The average Bonchev–Trinajstić information content (AvgIpc) is 2.85. The predicted molar refractivity (Wildman–Crippen MR) is 139 cm³/mol. The number of Topliss-reactive ketones (excluding diaryl/α,β-unsaturated/α-hetero) is 2. The normalized spacial score (nSPS) is 29.3. The number of carbonyl (C=O) groups excluding carboxylic acids is 5. The number of rotatable bonds is 6. The Kier molecular flexibility index (Phi) is 7.38. The molecule has 0 aliphatic heterocycles. The summed E-state index contributed by atoms with van der Waals surface area (Å²) in [6.07, 6.45) is -2.22. The first-order chi connectivity index (χ1) is 18.7. The number of aldehydes is 1. The SMILES string of the molecule is CN(C)c1cc(NC(=O)OCC=O)c(O)c2c1C[C@@H]1C[C@@H]3[C@@H](N(C)C)C(O)C(C(N)=O)C(=O)[C@]3(O)C(=O)C1=C2O. The smallest absolute Gasteiger partial charge is 0.412 e. The van der Waals surface area contributed by atoms with Gasteiger partial charge in [0.05, 0.1) is 17.4 Å². The monoisotopic (exact) mass is 560 g/mol. The number of ketones is 2. The van der Waals surface area contributed by atoms with Gasteiger partial charge in [0.25, 0.3) is 0 Å². The number of aliphatic hydroxyl groups excluding tert-OH is 2. The first kappa shape index (κ1) is 29.0. The molecule has 3 aliphatic carbocycles. The fourth-order valence-electron chi connectivity index (χ4n) is 6.40. The zero-order valence-corrected chi connectivity index (χ0v) is 22.4. The van der Waals surface area contributed by atoms with Crippen molar-refractivity contribution in [2.24, 2.45) is 23.5 Å². The Balaban J connectivity index is 1.90. The Morgan fingerprint density at radius 1 is 1.23 bits per heavy atom. The number of ether oxygens (including phenoxy) is 1. The first-order valence-corrected chi connectivity index (χ1v) is 12.5. The summed E-state index contributed by atoms with van der Waals surface area (Å²) in [4.78, 5) is 65.3. The van der Waals surface area contributed by atoms with Crippen LogP contribution in [0.25, 0.3) is 5.76 Å². The molecule has 14 nitrogen and oxygen atoms in total. The van der Waals surface area contributed by atoms with E-state index in [1.54, 1.807) is 33.1 Å². The number of aromatic hydroxyl groups is 1. The van der Waals surface area contributed by atoms with Gasteiger partial charge in [-0.25, -0.2) is 4.79 Å². The van der Waals surface area contributed by atoms with E-state index in [1.165, 1.54) is 11.0 Å². The number of fused-ring (bicyclic) bond motifs is 3. The van der Waals surface area contributed by atoms with Gasteiger partial charge in [-0.1, -0.05) is 0 Å². The lowest BCUT2D eigenvalue weighted by molar-refractivity contribution is -0.184. The van der Waals surface area contributed by atoms with Gasteiger partial charge in [-0.15, -0.1) is 0 Å². The van der Waals surface area contributed by atoms with Crippen LogP contribution >= 0.6 is 0 Å². The van der Waals surface area contributed by atoms with Crippen molar-refractivity contribution in [3.05, 3.63) is 22.8 Å².